The Morgan fingerprint density at radius 2 is 2.20 bits per heavy atom. The highest BCUT2D eigenvalue weighted by atomic mass is 16.1. The molecule has 4 N–H and O–H groups in total. The Balaban J connectivity index is 2.43. The second-order valence-corrected chi connectivity index (χ2v) is 4.52. The van der Waals surface area contributed by atoms with Crippen LogP contribution in [0.5, 0.6) is 0 Å². The van der Waals surface area contributed by atoms with Gasteiger partial charge in [-0.25, -0.2) is 0 Å². The van der Waals surface area contributed by atoms with E-state index in [1.54, 1.807) is 0 Å². The van der Waals surface area contributed by atoms with Gasteiger partial charge >= 0.3 is 0 Å². The number of nitrogens with two attached hydrogens (primary N) is 2. The van der Waals surface area contributed by atoms with Crippen LogP contribution in [0.1, 0.15) is 39.0 Å². The third-order valence-electron chi connectivity index (χ3n) is 3.12. The first-order valence-electron chi connectivity index (χ1n) is 5.91. The lowest BCUT2D eigenvalue weighted by Crippen LogP contribution is -2.41. The molecule has 1 amide bonds. The fraction of sp³-hybridized carbons (Fsp3) is 0.909. The highest BCUT2D eigenvalue weighted by Crippen LogP contribution is 2.22. The molecule has 1 aliphatic rings. The van der Waals surface area contributed by atoms with E-state index in [0.717, 1.165) is 38.6 Å². The maximum Gasteiger partial charge on any atom is 0.231 e. The van der Waals surface area contributed by atoms with Crippen molar-refractivity contribution in [1.82, 2.24) is 4.90 Å². The number of rotatable bonds is 6. The van der Waals surface area contributed by atoms with Crippen molar-refractivity contribution in [2.45, 2.75) is 51.1 Å². The van der Waals surface area contributed by atoms with Crippen LogP contribution in [0.2, 0.25) is 0 Å². The summed E-state index contributed by atoms with van der Waals surface area (Å²) in [7, 11) is 0. The minimum atomic E-state index is -0.230. The lowest BCUT2D eigenvalue weighted by atomic mass is 10.2. The summed E-state index contributed by atoms with van der Waals surface area (Å²) < 4.78 is 0. The fourth-order valence-corrected chi connectivity index (χ4v) is 2.28. The summed E-state index contributed by atoms with van der Waals surface area (Å²) in [4.78, 5) is 13.2. The lowest BCUT2D eigenvalue weighted by molar-refractivity contribution is -0.119. The summed E-state index contributed by atoms with van der Waals surface area (Å²) >= 11 is 0. The molecule has 0 saturated heterocycles. The van der Waals surface area contributed by atoms with Crippen LogP contribution in [0.25, 0.3) is 0 Å². The van der Waals surface area contributed by atoms with Gasteiger partial charge in [-0.05, 0) is 32.2 Å². The van der Waals surface area contributed by atoms with E-state index in [9.17, 15) is 4.79 Å². The van der Waals surface area contributed by atoms with Crippen LogP contribution in [-0.2, 0) is 4.79 Å². The Kier molecular flexibility index (Phi) is 5.05. The lowest BCUT2D eigenvalue weighted by Gasteiger charge is -2.27. The van der Waals surface area contributed by atoms with E-state index >= 15 is 0 Å². The minimum Gasteiger partial charge on any atom is -0.369 e. The Hall–Kier alpha value is -0.610. The van der Waals surface area contributed by atoms with Crippen molar-refractivity contribution >= 4 is 5.91 Å². The molecule has 0 aromatic rings. The van der Waals surface area contributed by atoms with Crippen molar-refractivity contribution in [2.24, 2.45) is 11.5 Å². The van der Waals surface area contributed by atoms with Gasteiger partial charge in [-0.3, -0.25) is 9.69 Å². The number of carbonyl (C=O) groups is 1. The summed E-state index contributed by atoms with van der Waals surface area (Å²) in [6.45, 7) is 3.51. The molecule has 15 heavy (non-hydrogen) atoms. The first-order valence-corrected chi connectivity index (χ1v) is 5.91. The second kappa shape index (κ2) is 6.08. The van der Waals surface area contributed by atoms with Gasteiger partial charge in [-0.1, -0.05) is 13.3 Å². The van der Waals surface area contributed by atoms with Gasteiger partial charge in [0.2, 0.25) is 5.91 Å². The number of primary amides is 1. The SMILES string of the molecule is CCCCN(CC(N)=O)C1CCC(N)C1. The summed E-state index contributed by atoms with van der Waals surface area (Å²) in [5.74, 6) is -0.230. The molecule has 4 nitrogen and oxygen atoms in total. The molecule has 1 rings (SSSR count). The van der Waals surface area contributed by atoms with Crippen LogP contribution < -0.4 is 11.5 Å². The van der Waals surface area contributed by atoms with Crippen LogP contribution in [0.4, 0.5) is 0 Å². The zero-order valence-corrected chi connectivity index (χ0v) is 9.61. The highest BCUT2D eigenvalue weighted by molar-refractivity contribution is 5.75. The Morgan fingerprint density at radius 1 is 1.47 bits per heavy atom. The largest absolute Gasteiger partial charge is 0.369 e. The van der Waals surface area contributed by atoms with Crippen LogP contribution in [-0.4, -0.2) is 36.0 Å². The molecular formula is C11H23N3O. The molecular weight excluding hydrogens is 190 g/mol. The van der Waals surface area contributed by atoms with E-state index in [1.165, 1.54) is 0 Å². The zero-order valence-electron chi connectivity index (χ0n) is 9.61. The standard InChI is InChI=1S/C11H23N3O/c1-2-3-6-14(8-11(13)15)10-5-4-9(12)7-10/h9-10H,2-8,12H2,1H3,(H2,13,15). The Labute approximate surface area is 92.0 Å². The van der Waals surface area contributed by atoms with Crippen molar-refractivity contribution in [3.8, 4) is 0 Å². The van der Waals surface area contributed by atoms with Crippen molar-refractivity contribution in [3.63, 3.8) is 0 Å². The molecule has 0 aliphatic heterocycles. The van der Waals surface area contributed by atoms with Crippen LogP contribution in [0, 0.1) is 0 Å². The Bertz CT molecular complexity index is 208. The van der Waals surface area contributed by atoms with Gasteiger partial charge in [0.05, 0.1) is 6.54 Å². The van der Waals surface area contributed by atoms with E-state index in [0.29, 0.717) is 18.6 Å². The van der Waals surface area contributed by atoms with E-state index in [1.807, 2.05) is 0 Å². The van der Waals surface area contributed by atoms with Crippen LogP contribution in [0.3, 0.4) is 0 Å². The van der Waals surface area contributed by atoms with Gasteiger partial charge in [0.25, 0.3) is 0 Å². The summed E-state index contributed by atoms with van der Waals surface area (Å²) in [6, 6.07) is 0.783. The molecule has 0 aromatic heterocycles. The van der Waals surface area contributed by atoms with Gasteiger partial charge in [0.1, 0.15) is 0 Å². The predicted octanol–water partition coefficient (Wildman–Crippen LogP) is 0.454. The Morgan fingerprint density at radius 3 is 2.67 bits per heavy atom. The first-order chi connectivity index (χ1) is 7.13. The van der Waals surface area contributed by atoms with Gasteiger partial charge < -0.3 is 11.5 Å². The third-order valence-corrected chi connectivity index (χ3v) is 3.12. The maximum absolute atomic E-state index is 11.0. The molecule has 4 heteroatoms. The number of unbranched alkanes of at least 4 members (excludes halogenated alkanes) is 1. The van der Waals surface area contributed by atoms with Crippen molar-refractivity contribution in [2.75, 3.05) is 13.1 Å². The number of amides is 1. The molecule has 0 heterocycles. The summed E-state index contributed by atoms with van der Waals surface area (Å²) in [5.41, 5.74) is 11.1. The summed E-state index contributed by atoms with van der Waals surface area (Å²) in [6.07, 6.45) is 5.47. The molecule has 0 radical (unpaired) electrons. The van der Waals surface area contributed by atoms with Gasteiger partial charge in [0, 0.05) is 12.1 Å². The van der Waals surface area contributed by atoms with E-state index in [-0.39, 0.29) is 5.91 Å². The van der Waals surface area contributed by atoms with Gasteiger partial charge in [-0.2, -0.15) is 0 Å². The van der Waals surface area contributed by atoms with E-state index < -0.39 is 0 Å². The average molecular weight is 213 g/mol. The maximum atomic E-state index is 11.0. The van der Waals surface area contributed by atoms with Crippen molar-refractivity contribution in [3.05, 3.63) is 0 Å². The number of hydrogen-bond acceptors (Lipinski definition) is 3. The van der Waals surface area contributed by atoms with Gasteiger partial charge in [0.15, 0.2) is 0 Å². The zero-order chi connectivity index (χ0) is 11.3. The van der Waals surface area contributed by atoms with E-state index in [4.69, 9.17) is 11.5 Å². The molecule has 0 bridgehead atoms. The topological polar surface area (TPSA) is 72.3 Å². The van der Waals surface area contributed by atoms with Crippen LogP contribution in [0.15, 0.2) is 0 Å². The highest BCUT2D eigenvalue weighted by Gasteiger charge is 2.27. The molecule has 1 aliphatic carbocycles. The number of carbonyl (C=O) groups excluding carboxylic acids is 1. The monoisotopic (exact) mass is 213 g/mol. The molecule has 2 unspecified atom stereocenters. The quantitative estimate of drug-likeness (QED) is 0.673. The second-order valence-electron chi connectivity index (χ2n) is 4.52. The smallest absolute Gasteiger partial charge is 0.231 e. The molecule has 0 spiro atoms. The number of hydrogen-bond donors (Lipinski definition) is 2. The molecule has 1 saturated carbocycles. The molecule has 1 fully saturated rings. The normalized spacial score (nSPS) is 26.1. The predicted molar refractivity (Wildman–Crippen MR) is 61.3 cm³/mol. The third kappa shape index (κ3) is 4.18. The van der Waals surface area contributed by atoms with Crippen LogP contribution >= 0.6 is 0 Å². The van der Waals surface area contributed by atoms with Crippen molar-refractivity contribution in [1.29, 1.82) is 0 Å². The van der Waals surface area contributed by atoms with E-state index in [2.05, 4.69) is 11.8 Å². The average Bonchev–Trinajstić information content (AvgIpc) is 2.58. The van der Waals surface area contributed by atoms with Crippen molar-refractivity contribution < 1.29 is 4.79 Å². The molecule has 0 aromatic carbocycles. The number of nitrogens with zero attached hydrogens (tertiary/aromatic N) is 1. The van der Waals surface area contributed by atoms with Gasteiger partial charge in [-0.15, -0.1) is 0 Å². The molecule has 2 atom stereocenters. The minimum absolute atomic E-state index is 0.230. The fourth-order valence-electron chi connectivity index (χ4n) is 2.28. The summed E-state index contributed by atoms with van der Waals surface area (Å²) in [5, 5.41) is 0. The first kappa shape index (κ1) is 12.5. The molecule has 88 valence electrons.